The maximum Gasteiger partial charge on any atom is 0.310 e. The fourth-order valence-electron chi connectivity index (χ4n) is 6.50. The molecule has 0 N–H and O–H groups in total. The van der Waals surface area contributed by atoms with Crippen LogP contribution >= 0.6 is 0 Å². The lowest BCUT2D eigenvalue weighted by atomic mass is 9.65. The molecule has 7 rings (SSSR count). The number of aromatic nitrogens is 3. The number of esters is 1. The van der Waals surface area contributed by atoms with Gasteiger partial charge in [-0.2, -0.15) is 0 Å². The molecule has 44 heavy (non-hydrogen) atoms. The lowest BCUT2D eigenvalue weighted by Gasteiger charge is -2.39. The van der Waals surface area contributed by atoms with E-state index in [-0.39, 0.29) is 37.9 Å². The molecule has 4 aromatic rings. The molecule has 0 saturated carbocycles. The second kappa shape index (κ2) is 11.2. The van der Waals surface area contributed by atoms with E-state index < -0.39 is 11.8 Å². The first-order valence-corrected chi connectivity index (χ1v) is 14.1. The first-order chi connectivity index (χ1) is 21.5. The molecule has 2 aliphatic heterocycles. The van der Waals surface area contributed by atoms with Gasteiger partial charge >= 0.3 is 5.97 Å². The van der Waals surface area contributed by atoms with Crippen LogP contribution in [0.4, 0.5) is 0 Å². The number of rotatable bonds is 9. The molecule has 228 valence electrons. The van der Waals surface area contributed by atoms with Crippen LogP contribution in [0.2, 0.25) is 0 Å². The van der Waals surface area contributed by atoms with Gasteiger partial charge in [-0.05, 0) is 65.2 Å². The van der Waals surface area contributed by atoms with Gasteiger partial charge in [-0.1, -0.05) is 5.21 Å². The summed E-state index contributed by atoms with van der Waals surface area (Å²) in [6.07, 6.45) is 1.85. The zero-order chi connectivity index (χ0) is 30.4. The van der Waals surface area contributed by atoms with Gasteiger partial charge in [-0.25, -0.2) is 4.68 Å². The van der Waals surface area contributed by atoms with Crippen molar-refractivity contribution < 1.29 is 42.7 Å². The van der Waals surface area contributed by atoms with Crippen molar-refractivity contribution in [3.63, 3.8) is 0 Å². The summed E-state index contributed by atoms with van der Waals surface area (Å²) in [5, 5.41) is 8.90. The fourth-order valence-corrected chi connectivity index (χ4v) is 6.50. The molecule has 1 aliphatic carbocycles. The smallest absolute Gasteiger partial charge is 0.310 e. The number of carbonyl (C=O) groups is 1. The summed E-state index contributed by atoms with van der Waals surface area (Å²) in [4.78, 5) is 13.5. The maximum atomic E-state index is 13.5. The van der Waals surface area contributed by atoms with E-state index >= 15 is 0 Å². The Hall–Kier alpha value is -5.13. The van der Waals surface area contributed by atoms with Crippen molar-refractivity contribution in [2.75, 3.05) is 41.8 Å². The van der Waals surface area contributed by atoms with Crippen molar-refractivity contribution in [1.82, 2.24) is 15.0 Å². The molecule has 0 spiro atoms. The van der Waals surface area contributed by atoms with E-state index in [0.29, 0.717) is 40.2 Å². The summed E-state index contributed by atoms with van der Waals surface area (Å²) >= 11 is 0. The monoisotopic (exact) mass is 601 g/mol. The van der Waals surface area contributed by atoms with Crippen LogP contribution in [0, 0.1) is 11.8 Å². The van der Waals surface area contributed by atoms with Gasteiger partial charge in [0.25, 0.3) is 0 Å². The average molecular weight is 602 g/mol. The summed E-state index contributed by atoms with van der Waals surface area (Å²) in [5.41, 5.74) is 3.27. The minimum absolute atomic E-state index is 0.114. The lowest BCUT2D eigenvalue weighted by Crippen LogP contribution is -2.37. The largest absolute Gasteiger partial charge is 0.497 e. The van der Waals surface area contributed by atoms with Gasteiger partial charge in [0.15, 0.2) is 23.0 Å². The van der Waals surface area contributed by atoms with Crippen LogP contribution in [0.15, 0.2) is 54.7 Å². The van der Waals surface area contributed by atoms with Gasteiger partial charge in [-0.3, -0.25) is 4.79 Å². The molecule has 0 amide bonds. The first-order valence-electron chi connectivity index (χ1n) is 14.1. The highest BCUT2D eigenvalue weighted by atomic mass is 16.7. The van der Waals surface area contributed by atoms with Crippen LogP contribution in [0.1, 0.15) is 34.3 Å². The Labute approximate surface area is 253 Å². The number of cyclic esters (lactones) is 1. The second-order valence-electron chi connectivity index (χ2n) is 10.7. The van der Waals surface area contributed by atoms with Crippen LogP contribution in [0.25, 0.3) is 0 Å². The van der Waals surface area contributed by atoms with E-state index in [1.54, 1.807) is 33.1 Å². The minimum Gasteiger partial charge on any atom is -0.497 e. The Kier molecular flexibility index (Phi) is 7.03. The normalized spacial score (nSPS) is 21.2. The number of nitrogens with zero attached hydrogens (tertiary/aromatic N) is 3. The Bertz CT molecular complexity index is 1680. The van der Waals surface area contributed by atoms with Crippen molar-refractivity contribution in [3.8, 4) is 40.2 Å². The van der Waals surface area contributed by atoms with Crippen LogP contribution in [0.5, 0.6) is 40.2 Å². The summed E-state index contributed by atoms with van der Waals surface area (Å²) in [5.74, 6) is 2.65. The van der Waals surface area contributed by atoms with Gasteiger partial charge in [0.05, 0.1) is 53.2 Å². The Balaban J connectivity index is 1.30. The molecular weight excluding hydrogens is 570 g/mol. The summed E-state index contributed by atoms with van der Waals surface area (Å²) < 4.78 is 47.1. The van der Waals surface area contributed by atoms with E-state index in [0.717, 1.165) is 22.4 Å². The molecule has 1 saturated heterocycles. The molecule has 12 nitrogen and oxygen atoms in total. The Morgan fingerprint density at radius 3 is 2.18 bits per heavy atom. The van der Waals surface area contributed by atoms with Crippen molar-refractivity contribution in [2.45, 2.75) is 18.6 Å². The first kappa shape index (κ1) is 27.7. The third-order valence-corrected chi connectivity index (χ3v) is 8.48. The third-order valence-electron chi connectivity index (χ3n) is 8.48. The van der Waals surface area contributed by atoms with E-state index in [1.807, 2.05) is 54.7 Å². The van der Waals surface area contributed by atoms with Gasteiger partial charge in [0.2, 0.25) is 12.5 Å². The second-order valence-corrected chi connectivity index (χ2v) is 10.7. The van der Waals surface area contributed by atoms with Crippen molar-refractivity contribution >= 4 is 5.97 Å². The van der Waals surface area contributed by atoms with E-state index in [4.69, 9.17) is 37.9 Å². The number of methoxy groups -OCH3 is 4. The van der Waals surface area contributed by atoms with Crippen LogP contribution in [0.3, 0.4) is 0 Å². The maximum absolute atomic E-state index is 13.5. The quantitative estimate of drug-likeness (QED) is 0.257. The third kappa shape index (κ3) is 4.57. The van der Waals surface area contributed by atoms with E-state index in [1.165, 1.54) is 0 Å². The highest BCUT2D eigenvalue weighted by Gasteiger charge is 2.53. The molecule has 3 aliphatic rings. The van der Waals surface area contributed by atoms with Crippen LogP contribution in [-0.4, -0.2) is 62.8 Å². The molecule has 1 fully saturated rings. The molecule has 4 atom stereocenters. The van der Waals surface area contributed by atoms with Gasteiger partial charge in [0, 0.05) is 11.8 Å². The number of hydrogen-bond acceptors (Lipinski definition) is 11. The van der Waals surface area contributed by atoms with Crippen molar-refractivity contribution in [1.29, 1.82) is 0 Å². The number of fused-ring (bicyclic) bond motifs is 3. The van der Waals surface area contributed by atoms with Gasteiger partial charge in [-0.15, -0.1) is 5.10 Å². The number of hydrogen-bond donors (Lipinski definition) is 0. The Morgan fingerprint density at radius 2 is 1.52 bits per heavy atom. The number of carbonyl (C=O) groups excluding carboxylic acids is 1. The molecule has 3 heterocycles. The molecular formula is C32H31N3O9. The highest BCUT2D eigenvalue weighted by molar-refractivity contribution is 5.79. The van der Waals surface area contributed by atoms with Crippen molar-refractivity contribution in [2.24, 2.45) is 11.8 Å². The average Bonchev–Trinajstić information content (AvgIpc) is 3.81. The Morgan fingerprint density at radius 1 is 0.841 bits per heavy atom. The van der Waals surface area contributed by atoms with E-state index in [2.05, 4.69) is 10.3 Å². The molecule has 0 unspecified atom stereocenters. The predicted molar refractivity (Wildman–Crippen MR) is 154 cm³/mol. The summed E-state index contributed by atoms with van der Waals surface area (Å²) in [6, 6.07) is 14.6. The van der Waals surface area contributed by atoms with Crippen LogP contribution < -0.4 is 33.2 Å². The minimum atomic E-state index is -0.529. The zero-order valence-corrected chi connectivity index (χ0v) is 24.6. The van der Waals surface area contributed by atoms with Crippen molar-refractivity contribution in [3.05, 3.63) is 77.1 Å². The lowest BCUT2D eigenvalue weighted by molar-refractivity contribution is -0.141. The standard InChI is InChI=1S/C32H31N3O9/c1-37-19-5-7-20(8-6-19)41-14-18-13-35(34-33-18)30-22-12-25-24(43-16-44-25)11-21(22)28(29-23(30)15-42-32(29)36)17-9-26(38-2)31(40-4)27(10-17)39-3/h5-13,23,28-30H,14-16H2,1-4H3/t23-,28+,29-,30+/m0/s1. The molecule has 1 aromatic heterocycles. The topological polar surface area (TPSA) is 122 Å². The SMILES string of the molecule is COc1ccc(OCc2cn([C@@H]3c4cc5c(cc4[C@@H](c4cc(OC)c(OC)c(OC)c4)[C@H]4C(=O)OC[C@@H]43)OCO5)nn2)cc1. The number of ether oxygens (including phenoxy) is 8. The van der Waals surface area contributed by atoms with Crippen LogP contribution in [-0.2, 0) is 16.1 Å². The van der Waals surface area contributed by atoms with Gasteiger partial charge < -0.3 is 37.9 Å². The highest BCUT2D eigenvalue weighted by Crippen LogP contribution is 2.56. The van der Waals surface area contributed by atoms with Gasteiger partial charge in [0.1, 0.15) is 23.8 Å². The van der Waals surface area contributed by atoms with E-state index in [9.17, 15) is 4.79 Å². The predicted octanol–water partition coefficient (Wildman–Crippen LogP) is 4.14. The zero-order valence-electron chi connectivity index (χ0n) is 24.6. The molecule has 12 heteroatoms. The molecule has 3 aromatic carbocycles. The number of benzene rings is 3. The summed E-state index contributed by atoms with van der Waals surface area (Å²) in [6.45, 7) is 0.550. The molecule has 0 bridgehead atoms. The molecule has 0 radical (unpaired) electrons. The fraction of sp³-hybridized carbons (Fsp3) is 0.344. The summed E-state index contributed by atoms with van der Waals surface area (Å²) in [7, 11) is 6.31.